The highest BCUT2D eigenvalue weighted by molar-refractivity contribution is 6.30. The zero-order valence-electron chi connectivity index (χ0n) is 12.3. The van der Waals surface area contributed by atoms with Crippen LogP contribution >= 0.6 is 11.6 Å². The number of halogens is 1. The standard InChI is InChI=1S/C15H21ClN2O3/c1-11(2)8-18(10-15(20)21)9-14(19)17-7-12-3-5-13(16)6-4-12/h3-6,11H,7-10H2,1-2H3,(H,17,19)(H,20,21). The van der Waals surface area contributed by atoms with E-state index in [0.717, 1.165) is 5.56 Å². The smallest absolute Gasteiger partial charge is 0.317 e. The Hall–Kier alpha value is -1.59. The topological polar surface area (TPSA) is 69.6 Å². The number of rotatable bonds is 8. The van der Waals surface area contributed by atoms with Gasteiger partial charge >= 0.3 is 5.97 Å². The molecule has 0 atom stereocenters. The molecule has 116 valence electrons. The van der Waals surface area contributed by atoms with Gasteiger partial charge in [0.25, 0.3) is 0 Å². The molecule has 0 heterocycles. The SMILES string of the molecule is CC(C)CN(CC(=O)O)CC(=O)NCc1ccc(Cl)cc1. The first-order chi connectivity index (χ1) is 9.86. The van der Waals surface area contributed by atoms with Gasteiger partial charge in [-0.05, 0) is 23.6 Å². The Bertz CT molecular complexity index is 474. The molecule has 0 unspecified atom stereocenters. The van der Waals surface area contributed by atoms with Crippen LogP contribution in [0, 0.1) is 5.92 Å². The number of carbonyl (C=O) groups excluding carboxylic acids is 1. The van der Waals surface area contributed by atoms with Crippen LogP contribution in [0.2, 0.25) is 5.02 Å². The lowest BCUT2D eigenvalue weighted by atomic mass is 10.2. The second kappa shape index (κ2) is 8.64. The Balaban J connectivity index is 2.45. The van der Waals surface area contributed by atoms with E-state index in [1.165, 1.54) is 0 Å². The maximum Gasteiger partial charge on any atom is 0.317 e. The van der Waals surface area contributed by atoms with E-state index in [1.54, 1.807) is 17.0 Å². The first kappa shape index (κ1) is 17.5. The van der Waals surface area contributed by atoms with Crippen LogP contribution in [-0.2, 0) is 16.1 Å². The van der Waals surface area contributed by atoms with Crippen molar-refractivity contribution in [1.82, 2.24) is 10.2 Å². The molecule has 21 heavy (non-hydrogen) atoms. The zero-order chi connectivity index (χ0) is 15.8. The summed E-state index contributed by atoms with van der Waals surface area (Å²) < 4.78 is 0. The van der Waals surface area contributed by atoms with Crippen molar-refractivity contribution in [2.45, 2.75) is 20.4 Å². The van der Waals surface area contributed by atoms with E-state index in [1.807, 2.05) is 26.0 Å². The number of benzene rings is 1. The van der Waals surface area contributed by atoms with Gasteiger partial charge in [0.2, 0.25) is 5.91 Å². The van der Waals surface area contributed by atoms with Gasteiger partial charge < -0.3 is 10.4 Å². The second-order valence-electron chi connectivity index (χ2n) is 5.36. The predicted octanol–water partition coefficient (Wildman–Crippen LogP) is 2.00. The molecular weight excluding hydrogens is 292 g/mol. The molecule has 0 aromatic heterocycles. The van der Waals surface area contributed by atoms with E-state index in [9.17, 15) is 9.59 Å². The summed E-state index contributed by atoms with van der Waals surface area (Å²) in [4.78, 5) is 24.3. The van der Waals surface area contributed by atoms with Crippen molar-refractivity contribution in [2.75, 3.05) is 19.6 Å². The van der Waals surface area contributed by atoms with Crippen LogP contribution < -0.4 is 5.32 Å². The Morgan fingerprint density at radius 2 is 1.86 bits per heavy atom. The molecule has 1 rings (SSSR count). The van der Waals surface area contributed by atoms with Gasteiger partial charge in [-0.2, -0.15) is 0 Å². The number of carbonyl (C=O) groups is 2. The Labute approximate surface area is 129 Å². The summed E-state index contributed by atoms with van der Waals surface area (Å²) >= 11 is 5.79. The summed E-state index contributed by atoms with van der Waals surface area (Å²) in [6.07, 6.45) is 0. The van der Waals surface area contributed by atoms with Crippen LogP contribution in [0.25, 0.3) is 0 Å². The van der Waals surface area contributed by atoms with Crippen molar-refractivity contribution >= 4 is 23.5 Å². The summed E-state index contributed by atoms with van der Waals surface area (Å²) in [6, 6.07) is 7.20. The van der Waals surface area contributed by atoms with E-state index >= 15 is 0 Å². The molecule has 0 aliphatic heterocycles. The molecule has 2 N–H and O–H groups in total. The fourth-order valence-electron chi connectivity index (χ4n) is 1.95. The molecule has 1 aromatic rings. The molecule has 0 spiro atoms. The minimum Gasteiger partial charge on any atom is -0.480 e. The number of carboxylic acid groups (broad SMARTS) is 1. The van der Waals surface area contributed by atoms with Crippen molar-refractivity contribution in [2.24, 2.45) is 5.92 Å². The van der Waals surface area contributed by atoms with Crippen molar-refractivity contribution in [3.8, 4) is 0 Å². The summed E-state index contributed by atoms with van der Waals surface area (Å²) in [5.74, 6) is -0.818. The van der Waals surface area contributed by atoms with Gasteiger partial charge in [0.1, 0.15) is 0 Å². The molecule has 0 fully saturated rings. The third-order valence-electron chi connectivity index (χ3n) is 2.75. The van der Waals surface area contributed by atoms with E-state index < -0.39 is 5.97 Å². The van der Waals surface area contributed by atoms with Gasteiger partial charge in [-0.25, -0.2) is 0 Å². The van der Waals surface area contributed by atoms with Gasteiger partial charge in [0.15, 0.2) is 0 Å². The van der Waals surface area contributed by atoms with E-state index in [4.69, 9.17) is 16.7 Å². The average molecular weight is 313 g/mol. The highest BCUT2D eigenvalue weighted by Gasteiger charge is 2.15. The fourth-order valence-corrected chi connectivity index (χ4v) is 2.08. The van der Waals surface area contributed by atoms with Gasteiger partial charge in [-0.1, -0.05) is 37.6 Å². The number of nitrogens with one attached hydrogen (secondary N) is 1. The largest absolute Gasteiger partial charge is 0.480 e. The minimum atomic E-state index is -0.929. The maximum absolute atomic E-state index is 11.9. The van der Waals surface area contributed by atoms with Crippen LogP contribution in [0.15, 0.2) is 24.3 Å². The van der Waals surface area contributed by atoms with Crippen LogP contribution in [0.3, 0.4) is 0 Å². The van der Waals surface area contributed by atoms with Crippen molar-refractivity contribution in [3.05, 3.63) is 34.9 Å². The van der Waals surface area contributed by atoms with E-state index in [2.05, 4.69) is 5.32 Å². The van der Waals surface area contributed by atoms with Crippen molar-refractivity contribution < 1.29 is 14.7 Å². The Morgan fingerprint density at radius 3 is 2.38 bits per heavy atom. The fraction of sp³-hybridized carbons (Fsp3) is 0.467. The maximum atomic E-state index is 11.9. The molecular formula is C15H21ClN2O3. The predicted molar refractivity (Wildman–Crippen MR) is 82.2 cm³/mol. The molecule has 5 nitrogen and oxygen atoms in total. The lowest BCUT2D eigenvalue weighted by molar-refractivity contribution is -0.138. The molecule has 6 heteroatoms. The molecule has 0 saturated carbocycles. The van der Waals surface area contributed by atoms with Crippen molar-refractivity contribution in [1.29, 1.82) is 0 Å². The normalized spacial score (nSPS) is 10.9. The molecule has 0 aliphatic rings. The highest BCUT2D eigenvalue weighted by Crippen LogP contribution is 2.09. The van der Waals surface area contributed by atoms with E-state index in [-0.39, 0.29) is 19.0 Å². The van der Waals surface area contributed by atoms with Gasteiger partial charge in [-0.3, -0.25) is 14.5 Å². The average Bonchev–Trinajstić information content (AvgIpc) is 2.36. The van der Waals surface area contributed by atoms with Crippen LogP contribution in [-0.4, -0.2) is 41.5 Å². The first-order valence-electron chi connectivity index (χ1n) is 6.82. The highest BCUT2D eigenvalue weighted by atomic mass is 35.5. The monoisotopic (exact) mass is 312 g/mol. The number of hydrogen-bond donors (Lipinski definition) is 2. The van der Waals surface area contributed by atoms with Crippen molar-refractivity contribution in [3.63, 3.8) is 0 Å². The summed E-state index contributed by atoms with van der Waals surface area (Å²) in [5, 5.41) is 12.3. The molecule has 0 aliphatic carbocycles. The molecule has 0 radical (unpaired) electrons. The number of amides is 1. The van der Waals surface area contributed by atoms with E-state index in [0.29, 0.717) is 24.0 Å². The third-order valence-corrected chi connectivity index (χ3v) is 3.00. The zero-order valence-corrected chi connectivity index (χ0v) is 13.1. The Kier molecular flexibility index (Phi) is 7.19. The number of carboxylic acids is 1. The number of aliphatic carboxylic acids is 1. The summed E-state index contributed by atoms with van der Waals surface area (Å²) in [5.41, 5.74) is 0.946. The van der Waals surface area contributed by atoms with Crippen LogP contribution in [0.4, 0.5) is 0 Å². The number of nitrogens with zero attached hydrogens (tertiary/aromatic N) is 1. The second-order valence-corrected chi connectivity index (χ2v) is 5.80. The number of hydrogen-bond acceptors (Lipinski definition) is 3. The minimum absolute atomic E-state index is 0.0814. The lowest BCUT2D eigenvalue weighted by Crippen LogP contribution is -2.41. The molecule has 0 bridgehead atoms. The molecule has 1 amide bonds. The first-order valence-corrected chi connectivity index (χ1v) is 7.20. The quantitative estimate of drug-likeness (QED) is 0.770. The summed E-state index contributed by atoms with van der Waals surface area (Å²) in [6.45, 7) is 4.89. The van der Waals surface area contributed by atoms with Gasteiger partial charge in [-0.15, -0.1) is 0 Å². The Morgan fingerprint density at radius 1 is 1.24 bits per heavy atom. The van der Waals surface area contributed by atoms with Gasteiger partial charge in [0.05, 0.1) is 13.1 Å². The molecule has 1 aromatic carbocycles. The lowest BCUT2D eigenvalue weighted by Gasteiger charge is -2.21. The molecule has 0 saturated heterocycles. The van der Waals surface area contributed by atoms with Crippen LogP contribution in [0.1, 0.15) is 19.4 Å². The summed E-state index contributed by atoms with van der Waals surface area (Å²) in [7, 11) is 0. The van der Waals surface area contributed by atoms with Crippen LogP contribution in [0.5, 0.6) is 0 Å². The third kappa shape index (κ3) is 7.68. The van der Waals surface area contributed by atoms with Gasteiger partial charge in [0, 0.05) is 18.1 Å².